The molecule has 0 spiro atoms. The lowest BCUT2D eigenvalue weighted by atomic mass is 10.3. The molecule has 3 rings (SSSR count). The molecule has 0 saturated carbocycles. The van der Waals surface area contributed by atoms with E-state index in [4.69, 9.17) is 0 Å². The zero-order chi connectivity index (χ0) is 19.1. The highest BCUT2D eigenvalue weighted by molar-refractivity contribution is 7.89. The lowest BCUT2D eigenvalue weighted by Gasteiger charge is -2.33. The van der Waals surface area contributed by atoms with Gasteiger partial charge in [-0.15, -0.1) is 11.3 Å². The molecule has 1 aliphatic heterocycles. The van der Waals surface area contributed by atoms with Crippen LogP contribution in [0.25, 0.3) is 0 Å². The second kappa shape index (κ2) is 7.13. The van der Waals surface area contributed by atoms with Gasteiger partial charge in [-0.05, 0) is 39.1 Å². The summed E-state index contributed by atoms with van der Waals surface area (Å²) in [6.45, 7) is 8.86. The van der Waals surface area contributed by atoms with Gasteiger partial charge in [-0.25, -0.2) is 8.42 Å². The summed E-state index contributed by atoms with van der Waals surface area (Å²) >= 11 is 1.40. The van der Waals surface area contributed by atoms with E-state index in [0.717, 1.165) is 0 Å². The highest BCUT2D eigenvalue weighted by Gasteiger charge is 2.34. The van der Waals surface area contributed by atoms with Crippen LogP contribution in [0.5, 0.6) is 0 Å². The average Bonchev–Trinajstić information content (AvgIpc) is 3.22. The number of piperazine rings is 1. The molecule has 0 radical (unpaired) electrons. The summed E-state index contributed by atoms with van der Waals surface area (Å²) in [4.78, 5) is 15.1. The molecule has 1 fully saturated rings. The minimum atomic E-state index is -3.62. The number of carbonyl (C=O) groups excluding carboxylic acids is 1. The van der Waals surface area contributed by atoms with Gasteiger partial charge in [0.1, 0.15) is 4.90 Å². The van der Waals surface area contributed by atoms with Crippen LogP contribution < -0.4 is 0 Å². The molecule has 7 nitrogen and oxygen atoms in total. The monoisotopic (exact) mass is 396 g/mol. The van der Waals surface area contributed by atoms with E-state index in [1.807, 2.05) is 25.3 Å². The summed E-state index contributed by atoms with van der Waals surface area (Å²) in [7, 11) is -3.62. The number of amides is 1. The van der Waals surface area contributed by atoms with Crippen LogP contribution in [0.3, 0.4) is 0 Å². The van der Waals surface area contributed by atoms with E-state index in [1.54, 1.807) is 29.5 Å². The Morgan fingerprint density at radius 3 is 2.35 bits per heavy atom. The van der Waals surface area contributed by atoms with Crippen LogP contribution in [0.4, 0.5) is 0 Å². The standard InChI is InChI=1S/C17H24N4O3S2/c1-12(2)21-14(4)16(13(3)18-21)26(23,24)20-9-7-19(8-10-20)17(22)15-6-5-11-25-15/h5-6,11-12H,7-10H2,1-4H3. The van der Waals surface area contributed by atoms with Crippen LogP contribution in [-0.4, -0.2) is 59.5 Å². The van der Waals surface area contributed by atoms with Gasteiger partial charge in [0.15, 0.2) is 0 Å². The van der Waals surface area contributed by atoms with E-state index in [0.29, 0.717) is 47.3 Å². The number of carbonyl (C=O) groups is 1. The van der Waals surface area contributed by atoms with Gasteiger partial charge < -0.3 is 4.90 Å². The molecule has 0 aliphatic carbocycles. The topological polar surface area (TPSA) is 75.5 Å². The maximum Gasteiger partial charge on any atom is 0.264 e. The fourth-order valence-corrected chi connectivity index (χ4v) is 5.81. The Bertz CT molecular complexity index is 893. The number of aryl methyl sites for hydroxylation is 1. The molecular weight excluding hydrogens is 372 g/mol. The van der Waals surface area contributed by atoms with Crippen LogP contribution in [-0.2, 0) is 10.0 Å². The van der Waals surface area contributed by atoms with E-state index >= 15 is 0 Å². The molecule has 2 aromatic rings. The van der Waals surface area contributed by atoms with Gasteiger partial charge in [0.05, 0.1) is 16.3 Å². The summed E-state index contributed by atoms with van der Waals surface area (Å²) in [5.74, 6) is -0.0305. The third kappa shape index (κ3) is 3.30. The lowest BCUT2D eigenvalue weighted by molar-refractivity contribution is 0.0702. The number of thiophene rings is 1. The van der Waals surface area contributed by atoms with Crippen molar-refractivity contribution in [1.82, 2.24) is 19.0 Å². The van der Waals surface area contributed by atoms with Gasteiger partial charge in [-0.2, -0.15) is 9.40 Å². The second-order valence-corrected chi connectivity index (χ2v) is 9.53. The normalized spacial score (nSPS) is 16.4. The molecule has 2 aromatic heterocycles. The molecule has 0 bridgehead atoms. The van der Waals surface area contributed by atoms with Crippen LogP contribution >= 0.6 is 11.3 Å². The maximum atomic E-state index is 13.1. The van der Waals surface area contributed by atoms with E-state index in [-0.39, 0.29) is 11.9 Å². The number of aromatic nitrogens is 2. The van der Waals surface area contributed by atoms with Crippen LogP contribution in [0.2, 0.25) is 0 Å². The predicted octanol–water partition coefficient (Wildman–Crippen LogP) is 2.29. The molecule has 26 heavy (non-hydrogen) atoms. The van der Waals surface area contributed by atoms with Crippen molar-refractivity contribution < 1.29 is 13.2 Å². The Kier molecular flexibility index (Phi) is 5.23. The largest absolute Gasteiger partial charge is 0.335 e. The summed E-state index contributed by atoms with van der Waals surface area (Å²) < 4.78 is 29.5. The van der Waals surface area contributed by atoms with Gasteiger partial charge in [0, 0.05) is 32.2 Å². The van der Waals surface area contributed by atoms with Crippen LogP contribution in [0.15, 0.2) is 22.4 Å². The van der Waals surface area contributed by atoms with Crippen molar-refractivity contribution in [2.75, 3.05) is 26.2 Å². The summed E-state index contributed by atoms with van der Waals surface area (Å²) in [6, 6.07) is 3.73. The van der Waals surface area contributed by atoms with Crippen molar-refractivity contribution in [1.29, 1.82) is 0 Å². The van der Waals surface area contributed by atoms with Crippen molar-refractivity contribution in [2.45, 2.75) is 38.6 Å². The van der Waals surface area contributed by atoms with Crippen LogP contribution in [0.1, 0.15) is 40.9 Å². The summed E-state index contributed by atoms with van der Waals surface area (Å²) in [6.07, 6.45) is 0. The molecule has 9 heteroatoms. The molecule has 142 valence electrons. The number of nitrogens with zero attached hydrogens (tertiary/aromatic N) is 4. The first kappa shape index (κ1) is 19.1. The van der Waals surface area contributed by atoms with E-state index in [1.165, 1.54) is 15.6 Å². The maximum absolute atomic E-state index is 13.1. The third-order valence-electron chi connectivity index (χ3n) is 4.60. The van der Waals surface area contributed by atoms with Gasteiger partial charge in [0.25, 0.3) is 5.91 Å². The molecule has 0 aromatic carbocycles. The lowest BCUT2D eigenvalue weighted by Crippen LogP contribution is -2.50. The zero-order valence-electron chi connectivity index (χ0n) is 15.5. The minimum absolute atomic E-state index is 0.0305. The van der Waals surface area contributed by atoms with E-state index in [9.17, 15) is 13.2 Å². The first-order valence-corrected chi connectivity index (χ1v) is 10.9. The van der Waals surface area contributed by atoms with Gasteiger partial charge in [0.2, 0.25) is 10.0 Å². The molecule has 1 amide bonds. The number of sulfonamides is 1. The number of hydrogen-bond donors (Lipinski definition) is 0. The molecule has 1 saturated heterocycles. The highest BCUT2D eigenvalue weighted by Crippen LogP contribution is 2.26. The number of hydrogen-bond acceptors (Lipinski definition) is 5. The Morgan fingerprint density at radius 1 is 1.19 bits per heavy atom. The average molecular weight is 397 g/mol. The SMILES string of the molecule is Cc1nn(C(C)C)c(C)c1S(=O)(=O)N1CCN(C(=O)c2cccs2)CC1. The molecular formula is C17H24N4O3S2. The van der Waals surface area contributed by atoms with Crippen molar-refractivity contribution in [3.8, 4) is 0 Å². The van der Waals surface area contributed by atoms with Crippen molar-refractivity contribution in [2.24, 2.45) is 0 Å². The van der Waals surface area contributed by atoms with Gasteiger partial charge in [-0.3, -0.25) is 9.48 Å². The Morgan fingerprint density at radius 2 is 1.85 bits per heavy atom. The Balaban J connectivity index is 1.78. The summed E-state index contributed by atoms with van der Waals surface area (Å²) in [5, 5.41) is 6.26. The van der Waals surface area contributed by atoms with Crippen molar-refractivity contribution >= 4 is 27.3 Å². The third-order valence-corrected chi connectivity index (χ3v) is 7.61. The summed E-state index contributed by atoms with van der Waals surface area (Å²) in [5.41, 5.74) is 1.18. The first-order valence-electron chi connectivity index (χ1n) is 8.62. The van der Waals surface area contributed by atoms with E-state index < -0.39 is 10.0 Å². The fraction of sp³-hybridized carbons (Fsp3) is 0.529. The van der Waals surface area contributed by atoms with Gasteiger partial charge >= 0.3 is 0 Å². The quantitative estimate of drug-likeness (QED) is 0.795. The predicted molar refractivity (Wildman–Crippen MR) is 101 cm³/mol. The van der Waals surface area contributed by atoms with Crippen molar-refractivity contribution in [3.63, 3.8) is 0 Å². The van der Waals surface area contributed by atoms with E-state index in [2.05, 4.69) is 5.10 Å². The fourth-order valence-electron chi connectivity index (χ4n) is 3.34. The molecule has 3 heterocycles. The smallest absolute Gasteiger partial charge is 0.264 e. The van der Waals surface area contributed by atoms with Crippen molar-refractivity contribution in [3.05, 3.63) is 33.8 Å². The molecule has 0 atom stereocenters. The molecule has 0 N–H and O–H groups in total. The van der Waals surface area contributed by atoms with Gasteiger partial charge in [-0.1, -0.05) is 6.07 Å². The Labute approximate surface area is 158 Å². The van der Waals surface area contributed by atoms with Crippen LogP contribution in [0, 0.1) is 13.8 Å². The first-order chi connectivity index (χ1) is 12.2. The molecule has 1 aliphatic rings. The highest BCUT2D eigenvalue weighted by atomic mass is 32.2. The second-order valence-electron chi connectivity index (χ2n) is 6.71. The Hall–Kier alpha value is -1.71. The zero-order valence-corrected chi connectivity index (χ0v) is 17.1. The molecule has 0 unspecified atom stereocenters. The number of rotatable bonds is 4. The minimum Gasteiger partial charge on any atom is -0.335 e.